The van der Waals surface area contributed by atoms with Gasteiger partial charge in [0.1, 0.15) is 13.2 Å². The first kappa shape index (κ1) is 14.2. The molecule has 2 aliphatic rings. The van der Waals surface area contributed by atoms with Crippen LogP contribution in [0.2, 0.25) is 0 Å². The normalized spacial score (nSPS) is 18.3. The monoisotopic (exact) mass is 291 g/mol. The topological polar surface area (TPSA) is 62.8 Å². The van der Waals surface area contributed by atoms with Crippen LogP contribution in [-0.2, 0) is 11.3 Å². The van der Waals surface area contributed by atoms with Crippen molar-refractivity contribution in [1.29, 1.82) is 0 Å². The van der Waals surface area contributed by atoms with Gasteiger partial charge >= 0.3 is 0 Å². The lowest BCUT2D eigenvalue weighted by atomic mass is 10.2. The van der Waals surface area contributed by atoms with Gasteiger partial charge in [0.25, 0.3) is 0 Å². The summed E-state index contributed by atoms with van der Waals surface area (Å²) in [5.74, 6) is 1.60. The minimum absolute atomic E-state index is 0.0618. The maximum Gasteiger partial charge on any atom is 0.234 e. The van der Waals surface area contributed by atoms with E-state index in [2.05, 4.69) is 15.5 Å². The van der Waals surface area contributed by atoms with Crippen LogP contribution in [-0.4, -0.2) is 56.7 Å². The summed E-state index contributed by atoms with van der Waals surface area (Å²) in [5, 5.41) is 6.23. The number of hydrogen-bond acceptors (Lipinski definition) is 5. The van der Waals surface area contributed by atoms with Crippen molar-refractivity contribution in [2.24, 2.45) is 0 Å². The highest BCUT2D eigenvalue weighted by Gasteiger charge is 2.14. The highest BCUT2D eigenvalue weighted by Crippen LogP contribution is 2.30. The molecule has 3 rings (SSSR count). The van der Waals surface area contributed by atoms with Crippen molar-refractivity contribution in [3.05, 3.63) is 23.8 Å². The van der Waals surface area contributed by atoms with Crippen LogP contribution in [0, 0.1) is 0 Å². The Kier molecular flexibility index (Phi) is 4.57. The summed E-state index contributed by atoms with van der Waals surface area (Å²) in [6.07, 6.45) is 0. The third kappa shape index (κ3) is 3.86. The lowest BCUT2D eigenvalue weighted by Crippen LogP contribution is -2.47. The number of carbonyl (C=O) groups excluding carboxylic acids is 1. The second-order valence-corrected chi connectivity index (χ2v) is 5.28. The van der Waals surface area contributed by atoms with E-state index in [-0.39, 0.29) is 5.91 Å². The molecule has 0 atom stereocenters. The van der Waals surface area contributed by atoms with Crippen LogP contribution in [0.3, 0.4) is 0 Å². The molecule has 1 amide bonds. The van der Waals surface area contributed by atoms with Crippen LogP contribution in [0.4, 0.5) is 0 Å². The third-order valence-corrected chi connectivity index (χ3v) is 3.67. The number of carbonyl (C=O) groups is 1. The second-order valence-electron chi connectivity index (χ2n) is 5.28. The molecule has 0 aromatic heterocycles. The number of rotatable bonds is 4. The Morgan fingerprint density at radius 3 is 2.76 bits per heavy atom. The quantitative estimate of drug-likeness (QED) is 0.816. The molecular weight excluding hydrogens is 270 g/mol. The van der Waals surface area contributed by atoms with Gasteiger partial charge < -0.3 is 20.1 Å². The zero-order valence-corrected chi connectivity index (χ0v) is 12.1. The molecule has 1 fully saturated rings. The Morgan fingerprint density at radius 1 is 1.19 bits per heavy atom. The van der Waals surface area contributed by atoms with E-state index in [1.165, 1.54) is 0 Å². The standard InChI is InChI=1S/C15H21N3O3/c19-15(11-18-5-3-16-4-6-18)17-10-12-1-2-13-14(9-12)21-8-7-20-13/h1-2,9,16H,3-8,10-11H2,(H,17,19). The predicted octanol–water partition coefficient (Wildman–Crippen LogP) is -0.0208. The van der Waals surface area contributed by atoms with E-state index in [1.807, 2.05) is 18.2 Å². The van der Waals surface area contributed by atoms with Gasteiger partial charge in [-0.3, -0.25) is 9.69 Å². The molecule has 1 aromatic rings. The van der Waals surface area contributed by atoms with E-state index in [9.17, 15) is 4.79 Å². The average Bonchev–Trinajstić information content (AvgIpc) is 2.54. The molecule has 114 valence electrons. The van der Waals surface area contributed by atoms with Gasteiger partial charge in [-0.2, -0.15) is 0 Å². The Morgan fingerprint density at radius 2 is 1.95 bits per heavy atom. The first-order chi connectivity index (χ1) is 10.3. The molecule has 6 nitrogen and oxygen atoms in total. The molecule has 2 N–H and O–H groups in total. The molecule has 0 saturated carbocycles. The van der Waals surface area contributed by atoms with E-state index in [4.69, 9.17) is 9.47 Å². The fraction of sp³-hybridized carbons (Fsp3) is 0.533. The van der Waals surface area contributed by atoms with Gasteiger partial charge in [-0.15, -0.1) is 0 Å². The van der Waals surface area contributed by atoms with Crippen molar-refractivity contribution in [3.8, 4) is 11.5 Å². The number of benzene rings is 1. The zero-order valence-electron chi connectivity index (χ0n) is 12.1. The number of amides is 1. The molecule has 0 spiro atoms. The van der Waals surface area contributed by atoms with Crippen LogP contribution in [0.25, 0.3) is 0 Å². The summed E-state index contributed by atoms with van der Waals surface area (Å²) in [6.45, 7) is 5.91. The van der Waals surface area contributed by atoms with Gasteiger partial charge in [0.15, 0.2) is 11.5 Å². The van der Waals surface area contributed by atoms with Crippen LogP contribution in [0.15, 0.2) is 18.2 Å². The highest BCUT2D eigenvalue weighted by atomic mass is 16.6. The van der Waals surface area contributed by atoms with E-state index in [1.54, 1.807) is 0 Å². The molecule has 0 radical (unpaired) electrons. The molecule has 2 heterocycles. The largest absolute Gasteiger partial charge is 0.486 e. The Balaban J connectivity index is 1.49. The number of piperazine rings is 1. The maximum absolute atomic E-state index is 11.9. The molecule has 2 aliphatic heterocycles. The molecule has 0 bridgehead atoms. The fourth-order valence-corrected chi connectivity index (χ4v) is 2.53. The maximum atomic E-state index is 11.9. The lowest BCUT2D eigenvalue weighted by molar-refractivity contribution is -0.122. The van der Waals surface area contributed by atoms with E-state index in [0.717, 1.165) is 43.2 Å². The first-order valence-electron chi connectivity index (χ1n) is 7.39. The van der Waals surface area contributed by atoms with E-state index >= 15 is 0 Å². The van der Waals surface area contributed by atoms with Gasteiger partial charge in [-0.25, -0.2) is 0 Å². The molecule has 0 unspecified atom stereocenters. The average molecular weight is 291 g/mol. The van der Waals surface area contributed by atoms with Crippen LogP contribution < -0.4 is 20.1 Å². The molecule has 1 aromatic carbocycles. The van der Waals surface area contributed by atoms with Crippen LogP contribution in [0.1, 0.15) is 5.56 Å². The number of nitrogens with one attached hydrogen (secondary N) is 2. The summed E-state index contributed by atoms with van der Waals surface area (Å²) >= 11 is 0. The Hall–Kier alpha value is -1.79. The van der Waals surface area contributed by atoms with Crippen molar-refractivity contribution in [3.63, 3.8) is 0 Å². The van der Waals surface area contributed by atoms with Gasteiger partial charge in [-0.05, 0) is 17.7 Å². The summed E-state index contributed by atoms with van der Waals surface area (Å²) in [5.41, 5.74) is 1.02. The number of fused-ring (bicyclic) bond motifs is 1. The smallest absolute Gasteiger partial charge is 0.234 e. The van der Waals surface area contributed by atoms with Crippen molar-refractivity contribution >= 4 is 5.91 Å². The van der Waals surface area contributed by atoms with Crippen molar-refractivity contribution in [2.45, 2.75) is 6.54 Å². The molecule has 1 saturated heterocycles. The predicted molar refractivity (Wildman–Crippen MR) is 78.6 cm³/mol. The van der Waals surface area contributed by atoms with Crippen LogP contribution >= 0.6 is 0 Å². The van der Waals surface area contributed by atoms with E-state index in [0.29, 0.717) is 26.3 Å². The minimum atomic E-state index is 0.0618. The molecule has 6 heteroatoms. The van der Waals surface area contributed by atoms with Crippen molar-refractivity contribution in [2.75, 3.05) is 45.9 Å². The summed E-state index contributed by atoms with van der Waals surface area (Å²) in [7, 11) is 0. The Labute approximate surface area is 124 Å². The number of hydrogen-bond donors (Lipinski definition) is 2. The molecule has 21 heavy (non-hydrogen) atoms. The van der Waals surface area contributed by atoms with Crippen molar-refractivity contribution in [1.82, 2.24) is 15.5 Å². The van der Waals surface area contributed by atoms with E-state index < -0.39 is 0 Å². The van der Waals surface area contributed by atoms with Gasteiger partial charge in [0, 0.05) is 32.7 Å². The van der Waals surface area contributed by atoms with Crippen LogP contribution in [0.5, 0.6) is 11.5 Å². The summed E-state index contributed by atoms with van der Waals surface area (Å²) < 4.78 is 11.0. The lowest BCUT2D eigenvalue weighted by Gasteiger charge is -2.26. The number of ether oxygens (including phenoxy) is 2. The first-order valence-corrected chi connectivity index (χ1v) is 7.39. The molecule has 0 aliphatic carbocycles. The van der Waals surface area contributed by atoms with Gasteiger partial charge in [-0.1, -0.05) is 6.07 Å². The SMILES string of the molecule is O=C(CN1CCNCC1)NCc1ccc2c(c1)OCCO2. The minimum Gasteiger partial charge on any atom is -0.486 e. The second kappa shape index (κ2) is 6.78. The third-order valence-electron chi connectivity index (χ3n) is 3.67. The summed E-state index contributed by atoms with van der Waals surface area (Å²) in [4.78, 5) is 14.1. The number of nitrogens with zero attached hydrogens (tertiary/aromatic N) is 1. The zero-order chi connectivity index (χ0) is 14.5. The fourth-order valence-electron chi connectivity index (χ4n) is 2.53. The Bertz CT molecular complexity index is 501. The van der Waals surface area contributed by atoms with Crippen molar-refractivity contribution < 1.29 is 14.3 Å². The molecular formula is C15H21N3O3. The van der Waals surface area contributed by atoms with Gasteiger partial charge in [0.05, 0.1) is 6.54 Å². The summed E-state index contributed by atoms with van der Waals surface area (Å²) in [6, 6.07) is 5.78. The van der Waals surface area contributed by atoms with Gasteiger partial charge in [0.2, 0.25) is 5.91 Å². The highest BCUT2D eigenvalue weighted by molar-refractivity contribution is 5.78.